The van der Waals surface area contributed by atoms with E-state index in [1.165, 1.54) is 12.5 Å². The summed E-state index contributed by atoms with van der Waals surface area (Å²) in [7, 11) is 0. The summed E-state index contributed by atoms with van der Waals surface area (Å²) in [5, 5.41) is 3.84. The molecular formula is C29H39N3O6. The van der Waals surface area contributed by atoms with E-state index in [9.17, 15) is 14.4 Å². The fraction of sp³-hybridized carbons (Fsp3) is 0.828. The maximum absolute atomic E-state index is 14.3. The molecule has 6 aliphatic rings. The van der Waals surface area contributed by atoms with Crippen molar-refractivity contribution < 1.29 is 28.6 Å². The maximum Gasteiger partial charge on any atom is 0.303 e. The molecule has 4 aliphatic carbocycles. The molecule has 5 fully saturated rings. The molecule has 0 unspecified atom stereocenters. The Kier molecular flexibility index (Phi) is 5.75. The number of carbonyl (C=O) groups is 3. The molecule has 9 heteroatoms. The van der Waals surface area contributed by atoms with Crippen molar-refractivity contribution in [2.75, 3.05) is 6.61 Å². The first-order valence-electron chi connectivity index (χ1n) is 14.2. The van der Waals surface area contributed by atoms with Gasteiger partial charge in [0, 0.05) is 37.0 Å². The predicted molar refractivity (Wildman–Crippen MR) is 136 cm³/mol. The fourth-order valence-electron chi connectivity index (χ4n) is 9.74. The molecule has 3 saturated carbocycles. The summed E-state index contributed by atoms with van der Waals surface area (Å²) < 4.78 is 19.0. The van der Waals surface area contributed by atoms with Gasteiger partial charge in [0.2, 0.25) is 5.79 Å². The molecule has 2 aliphatic heterocycles. The predicted octanol–water partition coefficient (Wildman–Crippen LogP) is 5.08. The molecule has 0 aromatic rings. The van der Waals surface area contributed by atoms with Crippen LogP contribution >= 0.6 is 0 Å². The van der Waals surface area contributed by atoms with Crippen LogP contribution in [0.15, 0.2) is 16.8 Å². The lowest BCUT2D eigenvalue weighted by Gasteiger charge is -2.61. The second kappa shape index (κ2) is 8.39. The van der Waals surface area contributed by atoms with Gasteiger partial charge in [-0.05, 0) is 74.1 Å². The molecule has 0 aromatic carbocycles. The summed E-state index contributed by atoms with van der Waals surface area (Å²) in [6.07, 6.45) is 6.37. The molecular weight excluding hydrogens is 486 g/mol. The number of ketones is 2. The number of nitrogens with zero attached hydrogens (tertiary/aromatic N) is 3. The van der Waals surface area contributed by atoms with Crippen LogP contribution in [0.5, 0.6) is 0 Å². The van der Waals surface area contributed by atoms with E-state index >= 15 is 0 Å². The molecule has 0 amide bonds. The van der Waals surface area contributed by atoms with E-state index in [2.05, 4.69) is 29.9 Å². The van der Waals surface area contributed by atoms with E-state index < -0.39 is 28.9 Å². The second-order valence-electron chi connectivity index (χ2n) is 13.7. The van der Waals surface area contributed by atoms with Crippen LogP contribution in [0, 0.1) is 40.4 Å². The Balaban J connectivity index is 1.32. The third-order valence-electron chi connectivity index (χ3n) is 11.4. The molecule has 2 spiro atoms. The van der Waals surface area contributed by atoms with Gasteiger partial charge in [0.05, 0.1) is 23.7 Å². The summed E-state index contributed by atoms with van der Waals surface area (Å²) in [6.45, 7) is 9.94. The topological polar surface area (TPSA) is 128 Å². The van der Waals surface area contributed by atoms with Crippen LogP contribution in [0.4, 0.5) is 0 Å². The number of carbonyl (C=O) groups excluding carboxylic acids is 3. The van der Waals surface area contributed by atoms with E-state index in [1.807, 2.05) is 13.8 Å². The Morgan fingerprint density at radius 2 is 1.92 bits per heavy atom. The normalized spacial score (nSPS) is 48.8. The minimum atomic E-state index is -1.07. The van der Waals surface area contributed by atoms with Gasteiger partial charge in [0.15, 0.2) is 6.10 Å². The Morgan fingerprint density at radius 3 is 2.63 bits per heavy atom. The zero-order chi connectivity index (χ0) is 27.3. The summed E-state index contributed by atoms with van der Waals surface area (Å²) in [5.74, 6) is -0.732. The van der Waals surface area contributed by atoms with Gasteiger partial charge in [-0.25, -0.2) is 0 Å². The van der Waals surface area contributed by atoms with Gasteiger partial charge in [0.1, 0.15) is 11.6 Å². The Hall–Kier alpha value is -2.22. The highest BCUT2D eigenvalue weighted by atomic mass is 16.7. The fourth-order valence-corrected chi connectivity index (χ4v) is 9.74. The van der Waals surface area contributed by atoms with Gasteiger partial charge in [-0.2, -0.15) is 0 Å². The van der Waals surface area contributed by atoms with Crippen molar-refractivity contribution in [2.24, 2.45) is 45.5 Å². The average Bonchev–Trinajstić information content (AvgIpc) is 3.35. The first-order chi connectivity index (χ1) is 17.9. The van der Waals surface area contributed by atoms with E-state index in [-0.39, 0.29) is 59.1 Å². The molecule has 2 saturated heterocycles. The number of fused-ring (bicyclic) bond motifs is 4. The maximum atomic E-state index is 14.3. The minimum absolute atomic E-state index is 0.0149. The molecule has 38 heavy (non-hydrogen) atoms. The van der Waals surface area contributed by atoms with Crippen LogP contribution in [-0.4, -0.2) is 47.7 Å². The average molecular weight is 526 g/mol. The van der Waals surface area contributed by atoms with Gasteiger partial charge in [-0.3, -0.25) is 14.4 Å². The summed E-state index contributed by atoms with van der Waals surface area (Å²) >= 11 is 0. The van der Waals surface area contributed by atoms with E-state index in [0.717, 1.165) is 19.3 Å². The largest absolute Gasteiger partial charge is 0.457 e. The Morgan fingerprint density at radius 1 is 1.16 bits per heavy atom. The molecule has 2 heterocycles. The van der Waals surface area contributed by atoms with Crippen molar-refractivity contribution in [1.82, 2.24) is 0 Å². The molecule has 10 atom stereocenters. The summed E-state index contributed by atoms with van der Waals surface area (Å²) in [5.41, 5.74) is 8.84. The third-order valence-corrected chi connectivity index (χ3v) is 11.4. The second-order valence-corrected chi connectivity index (χ2v) is 13.7. The molecule has 6 rings (SSSR count). The lowest BCUT2D eigenvalue weighted by molar-refractivity contribution is -0.337. The van der Waals surface area contributed by atoms with Gasteiger partial charge in [-0.15, -0.1) is 0 Å². The molecule has 0 radical (unpaired) electrons. The highest BCUT2D eigenvalue weighted by Crippen LogP contribution is 2.68. The smallest absolute Gasteiger partial charge is 0.303 e. The molecule has 0 aromatic heterocycles. The van der Waals surface area contributed by atoms with Crippen LogP contribution in [0.2, 0.25) is 0 Å². The minimum Gasteiger partial charge on any atom is -0.457 e. The van der Waals surface area contributed by atoms with E-state index in [0.29, 0.717) is 25.7 Å². The molecule has 0 bridgehead atoms. The highest BCUT2D eigenvalue weighted by molar-refractivity contribution is 5.91. The van der Waals surface area contributed by atoms with Crippen molar-refractivity contribution in [3.05, 3.63) is 22.1 Å². The number of Topliss-reactive ketones (excluding diaryl/α,β-unsaturated/α-hetero) is 2. The standard InChI is InChI=1S/C29H39N3O6/c1-15-19-8-9-20-18-7-6-17-10-23(34)22(31-32-30)12-27(17,5)21(18)11-24(35)28(19,20)14-36-29(15)25(37-16(2)33)13-26(3,4)38-29/h9,15,17-19,21-22,25H,6-8,10-14H2,1-5H3/t15-,17-,18-,19+,21-,22+,25+,27-,28+,29-/m0/s1. The van der Waals surface area contributed by atoms with Crippen LogP contribution in [0.1, 0.15) is 79.6 Å². The van der Waals surface area contributed by atoms with Crippen molar-refractivity contribution in [3.63, 3.8) is 0 Å². The van der Waals surface area contributed by atoms with Crippen LogP contribution in [-0.2, 0) is 28.6 Å². The van der Waals surface area contributed by atoms with Gasteiger partial charge >= 0.3 is 5.97 Å². The van der Waals surface area contributed by atoms with Gasteiger partial charge < -0.3 is 14.2 Å². The number of rotatable bonds is 2. The number of allylic oxidation sites excluding steroid dienone is 1. The molecule has 206 valence electrons. The number of azide groups is 1. The van der Waals surface area contributed by atoms with Crippen molar-refractivity contribution in [2.45, 2.75) is 103 Å². The van der Waals surface area contributed by atoms with E-state index in [4.69, 9.17) is 19.7 Å². The summed E-state index contributed by atoms with van der Waals surface area (Å²) in [6, 6.07) is -0.643. The van der Waals surface area contributed by atoms with Crippen molar-refractivity contribution in [1.29, 1.82) is 0 Å². The Bertz CT molecular complexity index is 1170. The zero-order valence-electron chi connectivity index (χ0n) is 23.1. The van der Waals surface area contributed by atoms with E-state index in [1.54, 1.807) is 0 Å². The third kappa shape index (κ3) is 3.37. The highest BCUT2D eigenvalue weighted by Gasteiger charge is 2.71. The molecule has 9 nitrogen and oxygen atoms in total. The van der Waals surface area contributed by atoms with Crippen molar-refractivity contribution in [3.8, 4) is 0 Å². The van der Waals surface area contributed by atoms with Crippen LogP contribution in [0.3, 0.4) is 0 Å². The number of hydrogen-bond donors (Lipinski definition) is 0. The zero-order valence-corrected chi connectivity index (χ0v) is 23.1. The summed E-state index contributed by atoms with van der Waals surface area (Å²) in [4.78, 5) is 41.9. The van der Waals surface area contributed by atoms with Crippen LogP contribution < -0.4 is 0 Å². The lowest BCUT2D eigenvalue weighted by atomic mass is 9.44. The number of hydrogen-bond acceptors (Lipinski definition) is 7. The lowest BCUT2D eigenvalue weighted by Crippen LogP contribution is -2.65. The first kappa shape index (κ1) is 26.0. The number of esters is 1. The molecule has 0 N–H and O–H groups in total. The Labute approximate surface area is 223 Å². The monoisotopic (exact) mass is 525 g/mol. The first-order valence-corrected chi connectivity index (χ1v) is 14.2. The van der Waals surface area contributed by atoms with Crippen molar-refractivity contribution >= 4 is 17.5 Å². The van der Waals surface area contributed by atoms with Crippen LogP contribution in [0.25, 0.3) is 10.4 Å². The quantitative estimate of drug-likeness (QED) is 0.163. The number of ether oxygens (including phenoxy) is 3. The van der Waals surface area contributed by atoms with Gasteiger partial charge in [0.25, 0.3) is 0 Å². The SMILES string of the molecule is CC(=O)O[C@@H]1CC(C)(C)O[C@]12OC[C@]13C(=O)C[C@H]4[C@@H](CC[C@H]5CC(=O)[C@H](N=[N+]=[N-])C[C@@]54C)C1=CC[C@@H]3[C@@H]2C. The van der Waals surface area contributed by atoms with Gasteiger partial charge in [-0.1, -0.05) is 30.6 Å².